The summed E-state index contributed by atoms with van der Waals surface area (Å²) >= 11 is 0. The van der Waals surface area contributed by atoms with E-state index in [4.69, 9.17) is 4.74 Å². The fraction of sp³-hybridized carbons (Fsp3) is 0.571. The molecule has 1 N–H and O–H groups in total. The van der Waals surface area contributed by atoms with Crippen molar-refractivity contribution in [3.05, 3.63) is 29.8 Å². The fourth-order valence-corrected chi connectivity index (χ4v) is 3.72. The molecule has 1 aliphatic heterocycles. The van der Waals surface area contributed by atoms with Crippen LogP contribution in [0.2, 0.25) is 0 Å². The predicted molar refractivity (Wildman–Crippen MR) is 105 cm³/mol. The number of carbonyl (C=O) groups is 3. The van der Waals surface area contributed by atoms with Gasteiger partial charge in [0.05, 0.1) is 5.56 Å². The lowest BCUT2D eigenvalue weighted by molar-refractivity contribution is -0.126. The maximum absolute atomic E-state index is 12.3. The van der Waals surface area contributed by atoms with Crippen molar-refractivity contribution < 1.29 is 19.1 Å². The van der Waals surface area contributed by atoms with Gasteiger partial charge in [0, 0.05) is 24.2 Å². The SMILES string of the molecule is CC(C)(C)CC(C)(C)NC(=O)COC(=O)c1cccc(N2CCCC2=O)c1. The third-order valence-corrected chi connectivity index (χ3v) is 4.25. The van der Waals surface area contributed by atoms with Crippen LogP contribution in [-0.4, -0.2) is 36.5 Å². The van der Waals surface area contributed by atoms with E-state index in [1.165, 1.54) is 0 Å². The Balaban J connectivity index is 1.92. The molecule has 0 spiro atoms. The minimum Gasteiger partial charge on any atom is -0.452 e. The molecule has 6 heteroatoms. The largest absolute Gasteiger partial charge is 0.452 e. The molecule has 148 valence electrons. The summed E-state index contributed by atoms with van der Waals surface area (Å²) in [5.74, 6) is -0.850. The van der Waals surface area contributed by atoms with Crippen molar-refractivity contribution in [1.82, 2.24) is 5.32 Å². The van der Waals surface area contributed by atoms with Gasteiger partial charge in [-0.2, -0.15) is 0 Å². The van der Waals surface area contributed by atoms with Gasteiger partial charge in [-0.3, -0.25) is 9.59 Å². The second-order valence-electron chi connectivity index (χ2n) is 8.94. The lowest BCUT2D eigenvalue weighted by atomic mass is 9.82. The van der Waals surface area contributed by atoms with Gasteiger partial charge in [0.15, 0.2) is 6.61 Å². The molecule has 0 bridgehead atoms. The Bertz CT molecular complexity index is 719. The van der Waals surface area contributed by atoms with Crippen molar-refractivity contribution in [3.8, 4) is 0 Å². The summed E-state index contributed by atoms with van der Waals surface area (Å²) < 4.78 is 5.16. The van der Waals surface area contributed by atoms with Gasteiger partial charge in [0.2, 0.25) is 5.91 Å². The molecule has 27 heavy (non-hydrogen) atoms. The topological polar surface area (TPSA) is 75.7 Å². The molecule has 1 fully saturated rings. The summed E-state index contributed by atoms with van der Waals surface area (Å²) in [4.78, 5) is 38.0. The molecule has 0 radical (unpaired) electrons. The van der Waals surface area contributed by atoms with Crippen LogP contribution in [0, 0.1) is 5.41 Å². The lowest BCUT2D eigenvalue weighted by Gasteiger charge is -2.33. The molecular weight excluding hydrogens is 344 g/mol. The molecule has 2 amide bonds. The van der Waals surface area contributed by atoms with E-state index in [0.717, 1.165) is 12.8 Å². The molecule has 1 saturated heterocycles. The first kappa shape index (κ1) is 20.9. The fourth-order valence-electron chi connectivity index (χ4n) is 3.72. The van der Waals surface area contributed by atoms with Crippen molar-refractivity contribution in [2.24, 2.45) is 5.41 Å². The maximum Gasteiger partial charge on any atom is 0.338 e. The zero-order chi connectivity index (χ0) is 20.2. The van der Waals surface area contributed by atoms with E-state index in [-0.39, 0.29) is 23.8 Å². The molecular formula is C21H30N2O4. The highest BCUT2D eigenvalue weighted by Crippen LogP contribution is 2.26. The number of hydrogen-bond acceptors (Lipinski definition) is 4. The Labute approximate surface area is 161 Å². The Hall–Kier alpha value is -2.37. The normalized spacial score (nSPS) is 15.0. The Morgan fingerprint density at radius 2 is 1.89 bits per heavy atom. The standard InChI is InChI=1S/C21H30N2O4/c1-20(2,3)14-21(4,5)22-17(24)13-27-19(26)15-8-6-9-16(12-15)23-11-7-10-18(23)25/h6,8-9,12H,7,10-11,13-14H2,1-5H3,(H,22,24). The monoisotopic (exact) mass is 374 g/mol. The first-order chi connectivity index (χ1) is 12.5. The Kier molecular flexibility index (Phi) is 6.29. The first-order valence-electron chi connectivity index (χ1n) is 9.35. The van der Waals surface area contributed by atoms with Gasteiger partial charge in [-0.25, -0.2) is 4.79 Å². The molecule has 2 rings (SSSR count). The van der Waals surface area contributed by atoms with Gasteiger partial charge < -0.3 is 15.0 Å². The number of rotatable bonds is 6. The molecule has 0 atom stereocenters. The number of ether oxygens (including phenoxy) is 1. The zero-order valence-corrected chi connectivity index (χ0v) is 16.9. The second kappa shape index (κ2) is 8.11. The lowest BCUT2D eigenvalue weighted by Crippen LogP contribution is -2.47. The van der Waals surface area contributed by atoms with Crippen molar-refractivity contribution in [2.75, 3.05) is 18.1 Å². The number of esters is 1. The molecule has 1 aromatic carbocycles. The highest BCUT2D eigenvalue weighted by Gasteiger charge is 2.27. The molecule has 0 unspecified atom stereocenters. The average molecular weight is 374 g/mol. The van der Waals surface area contributed by atoms with Crippen LogP contribution in [0.25, 0.3) is 0 Å². The van der Waals surface area contributed by atoms with Gasteiger partial charge in [-0.1, -0.05) is 26.8 Å². The van der Waals surface area contributed by atoms with Crippen LogP contribution in [0.5, 0.6) is 0 Å². The summed E-state index contributed by atoms with van der Waals surface area (Å²) in [6.07, 6.45) is 2.14. The van der Waals surface area contributed by atoms with Gasteiger partial charge in [0.1, 0.15) is 0 Å². The summed E-state index contributed by atoms with van der Waals surface area (Å²) in [6, 6.07) is 6.76. The summed E-state index contributed by atoms with van der Waals surface area (Å²) in [5.41, 5.74) is 0.690. The van der Waals surface area contributed by atoms with E-state index < -0.39 is 11.5 Å². The molecule has 1 aliphatic rings. The van der Waals surface area contributed by atoms with Gasteiger partial charge in [-0.15, -0.1) is 0 Å². The average Bonchev–Trinajstić information content (AvgIpc) is 2.96. The smallest absolute Gasteiger partial charge is 0.338 e. The number of carbonyl (C=O) groups excluding carboxylic acids is 3. The van der Waals surface area contributed by atoms with Crippen LogP contribution < -0.4 is 10.2 Å². The van der Waals surface area contributed by atoms with E-state index in [1.54, 1.807) is 29.2 Å². The van der Waals surface area contributed by atoms with Gasteiger partial charge in [0.25, 0.3) is 5.91 Å². The second-order valence-corrected chi connectivity index (χ2v) is 8.94. The number of anilines is 1. The van der Waals surface area contributed by atoms with Crippen LogP contribution in [0.1, 0.15) is 64.2 Å². The van der Waals surface area contributed by atoms with E-state index in [9.17, 15) is 14.4 Å². The van der Waals surface area contributed by atoms with E-state index in [1.807, 2.05) is 13.8 Å². The molecule has 6 nitrogen and oxygen atoms in total. The third-order valence-electron chi connectivity index (χ3n) is 4.25. The van der Waals surface area contributed by atoms with Crippen LogP contribution >= 0.6 is 0 Å². The minimum atomic E-state index is -0.577. The van der Waals surface area contributed by atoms with E-state index >= 15 is 0 Å². The quantitative estimate of drug-likeness (QED) is 0.775. The molecule has 0 saturated carbocycles. The highest BCUT2D eigenvalue weighted by atomic mass is 16.5. The van der Waals surface area contributed by atoms with Crippen LogP contribution in [-0.2, 0) is 14.3 Å². The molecule has 1 heterocycles. The number of hydrogen-bond donors (Lipinski definition) is 1. The van der Waals surface area contributed by atoms with Crippen molar-refractivity contribution in [3.63, 3.8) is 0 Å². The zero-order valence-electron chi connectivity index (χ0n) is 16.9. The number of benzene rings is 1. The van der Waals surface area contributed by atoms with E-state index in [0.29, 0.717) is 24.2 Å². The molecule has 0 aliphatic carbocycles. The van der Waals surface area contributed by atoms with E-state index in [2.05, 4.69) is 26.1 Å². The Morgan fingerprint density at radius 3 is 2.48 bits per heavy atom. The van der Waals surface area contributed by atoms with Crippen LogP contribution in [0.3, 0.4) is 0 Å². The first-order valence-corrected chi connectivity index (χ1v) is 9.35. The summed E-state index contributed by atoms with van der Waals surface area (Å²) in [5, 5.41) is 2.91. The van der Waals surface area contributed by atoms with Gasteiger partial charge in [-0.05, 0) is 50.3 Å². The van der Waals surface area contributed by atoms with Crippen molar-refractivity contribution >= 4 is 23.5 Å². The van der Waals surface area contributed by atoms with Crippen molar-refractivity contribution in [1.29, 1.82) is 0 Å². The maximum atomic E-state index is 12.3. The predicted octanol–water partition coefficient (Wildman–Crippen LogP) is 3.30. The minimum absolute atomic E-state index is 0.0565. The molecule has 0 aromatic heterocycles. The number of amides is 2. The molecule has 1 aromatic rings. The third kappa shape index (κ3) is 6.38. The summed E-state index contributed by atoms with van der Waals surface area (Å²) in [7, 11) is 0. The highest BCUT2D eigenvalue weighted by molar-refractivity contribution is 5.97. The van der Waals surface area contributed by atoms with Crippen LogP contribution in [0.4, 0.5) is 5.69 Å². The van der Waals surface area contributed by atoms with Crippen molar-refractivity contribution in [2.45, 2.75) is 59.4 Å². The van der Waals surface area contributed by atoms with Gasteiger partial charge >= 0.3 is 5.97 Å². The Morgan fingerprint density at radius 1 is 1.19 bits per heavy atom. The number of nitrogens with one attached hydrogen (secondary N) is 1. The van der Waals surface area contributed by atoms with Crippen LogP contribution in [0.15, 0.2) is 24.3 Å². The number of nitrogens with zero attached hydrogens (tertiary/aromatic N) is 1. The summed E-state index contributed by atoms with van der Waals surface area (Å²) in [6.45, 7) is 10.6.